The summed E-state index contributed by atoms with van der Waals surface area (Å²) in [6.07, 6.45) is 1.56. The number of hydrogen-bond donors (Lipinski definition) is 1. The van der Waals surface area contributed by atoms with E-state index < -0.39 is 6.04 Å². The predicted octanol–water partition coefficient (Wildman–Crippen LogP) is 1.73. The fraction of sp³-hybridized carbons (Fsp3) is 0.111. The molecule has 0 saturated heterocycles. The van der Waals surface area contributed by atoms with Gasteiger partial charge in [-0.1, -0.05) is 18.2 Å². The van der Waals surface area contributed by atoms with Crippen LogP contribution in [-0.4, -0.2) is 8.75 Å². The monoisotopic (exact) mass is 209 g/mol. The standard InChI is InChI=1S/C9H8FN3S/c10-7-4-2-1-3-6(7)9(11)8-5-12-14-13-8/h1-5,9H,11H2. The molecule has 2 aromatic rings. The third-order valence-corrected chi connectivity index (χ3v) is 2.43. The zero-order valence-corrected chi connectivity index (χ0v) is 8.04. The van der Waals surface area contributed by atoms with Crippen molar-refractivity contribution in [3.8, 4) is 0 Å². The van der Waals surface area contributed by atoms with E-state index in [1.165, 1.54) is 6.07 Å². The summed E-state index contributed by atoms with van der Waals surface area (Å²) in [6, 6.07) is 5.88. The number of rotatable bonds is 2. The highest BCUT2D eigenvalue weighted by Gasteiger charge is 2.14. The van der Waals surface area contributed by atoms with Crippen molar-refractivity contribution < 1.29 is 4.39 Å². The SMILES string of the molecule is NC(c1cnsn1)c1ccccc1F. The van der Waals surface area contributed by atoms with Gasteiger partial charge >= 0.3 is 0 Å². The molecule has 1 aromatic heterocycles. The minimum Gasteiger partial charge on any atom is -0.319 e. The highest BCUT2D eigenvalue weighted by atomic mass is 32.1. The molecule has 1 atom stereocenters. The van der Waals surface area contributed by atoms with Gasteiger partial charge in [0, 0.05) is 5.56 Å². The first-order valence-corrected chi connectivity index (χ1v) is 4.79. The molecule has 0 radical (unpaired) electrons. The molecular weight excluding hydrogens is 201 g/mol. The Morgan fingerprint density at radius 2 is 2.14 bits per heavy atom. The van der Waals surface area contributed by atoms with Crippen LogP contribution in [0.3, 0.4) is 0 Å². The number of hydrogen-bond acceptors (Lipinski definition) is 4. The van der Waals surface area contributed by atoms with E-state index in [4.69, 9.17) is 5.73 Å². The van der Waals surface area contributed by atoms with Gasteiger partial charge in [0.1, 0.15) is 5.82 Å². The van der Waals surface area contributed by atoms with Crippen LogP contribution in [0.25, 0.3) is 0 Å². The fourth-order valence-corrected chi connectivity index (χ4v) is 1.65. The lowest BCUT2D eigenvalue weighted by Crippen LogP contribution is -2.13. The Bertz CT molecular complexity index is 416. The maximum Gasteiger partial charge on any atom is 0.128 e. The zero-order valence-electron chi connectivity index (χ0n) is 7.22. The van der Waals surface area contributed by atoms with Gasteiger partial charge in [-0.25, -0.2) is 4.39 Å². The second kappa shape index (κ2) is 3.81. The van der Waals surface area contributed by atoms with Crippen LogP contribution in [0.2, 0.25) is 0 Å². The molecule has 5 heteroatoms. The summed E-state index contributed by atoms with van der Waals surface area (Å²) in [5.74, 6) is -0.312. The smallest absolute Gasteiger partial charge is 0.128 e. The third-order valence-electron chi connectivity index (χ3n) is 1.94. The lowest BCUT2D eigenvalue weighted by molar-refractivity contribution is 0.598. The van der Waals surface area contributed by atoms with E-state index in [1.54, 1.807) is 24.4 Å². The summed E-state index contributed by atoms with van der Waals surface area (Å²) in [6.45, 7) is 0. The van der Waals surface area contributed by atoms with E-state index in [2.05, 4.69) is 8.75 Å². The lowest BCUT2D eigenvalue weighted by atomic mass is 10.1. The molecule has 14 heavy (non-hydrogen) atoms. The molecule has 0 amide bonds. The van der Waals surface area contributed by atoms with Crippen LogP contribution in [0.5, 0.6) is 0 Å². The first kappa shape index (κ1) is 9.23. The molecule has 0 saturated carbocycles. The Hall–Kier alpha value is -1.33. The van der Waals surface area contributed by atoms with Gasteiger partial charge in [0.05, 0.1) is 29.7 Å². The van der Waals surface area contributed by atoms with Gasteiger partial charge in [0.25, 0.3) is 0 Å². The highest BCUT2D eigenvalue weighted by Crippen LogP contribution is 2.20. The van der Waals surface area contributed by atoms with Gasteiger partial charge in [0.2, 0.25) is 0 Å². The fourth-order valence-electron chi connectivity index (χ4n) is 1.20. The summed E-state index contributed by atoms with van der Waals surface area (Å²) >= 11 is 1.07. The molecule has 0 spiro atoms. The van der Waals surface area contributed by atoms with Gasteiger partial charge in [0.15, 0.2) is 0 Å². The van der Waals surface area contributed by atoms with Crippen LogP contribution in [0.4, 0.5) is 4.39 Å². The van der Waals surface area contributed by atoms with Crippen molar-refractivity contribution in [3.63, 3.8) is 0 Å². The topological polar surface area (TPSA) is 51.8 Å². The van der Waals surface area contributed by atoms with Gasteiger partial charge in [-0.3, -0.25) is 0 Å². The molecule has 2 rings (SSSR count). The van der Waals surface area contributed by atoms with Crippen molar-refractivity contribution in [2.24, 2.45) is 5.73 Å². The predicted molar refractivity (Wildman–Crippen MR) is 52.3 cm³/mol. The first-order chi connectivity index (χ1) is 6.79. The van der Waals surface area contributed by atoms with E-state index in [-0.39, 0.29) is 5.82 Å². The molecule has 1 heterocycles. The van der Waals surface area contributed by atoms with E-state index in [9.17, 15) is 4.39 Å². The molecule has 2 N–H and O–H groups in total. The van der Waals surface area contributed by atoms with Crippen molar-refractivity contribution in [1.82, 2.24) is 8.75 Å². The Labute approximate surface area is 84.7 Å². The first-order valence-electron chi connectivity index (χ1n) is 4.06. The minimum absolute atomic E-state index is 0.312. The van der Waals surface area contributed by atoms with Gasteiger partial charge in [-0.15, -0.1) is 0 Å². The van der Waals surface area contributed by atoms with Crippen molar-refractivity contribution in [1.29, 1.82) is 0 Å². The van der Waals surface area contributed by atoms with E-state index in [1.807, 2.05) is 0 Å². The molecule has 0 aliphatic rings. The van der Waals surface area contributed by atoms with Crippen molar-refractivity contribution in [2.45, 2.75) is 6.04 Å². The van der Waals surface area contributed by atoms with E-state index >= 15 is 0 Å². The molecule has 1 unspecified atom stereocenters. The van der Waals surface area contributed by atoms with Crippen LogP contribution >= 0.6 is 11.7 Å². The lowest BCUT2D eigenvalue weighted by Gasteiger charge is -2.08. The minimum atomic E-state index is -0.532. The number of halogens is 1. The maximum absolute atomic E-state index is 13.3. The van der Waals surface area contributed by atoms with Crippen LogP contribution in [-0.2, 0) is 0 Å². The second-order valence-corrected chi connectivity index (χ2v) is 3.39. The largest absolute Gasteiger partial charge is 0.319 e. The molecule has 3 nitrogen and oxygen atoms in total. The summed E-state index contributed by atoms with van der Waals surface area (Å²) in [4.78, 5) is 0. The average Bonchev–Trinajstić information content (AvgIpc) is 2.70. The summed E-state index contributed by atoms with van der Waals surface area (Å²) in [7, 11) is 0. The Kier molecular flexibility index (Phi) is 2.51. The van der Waals surface area contributed by atoms with Crippen LogP contribution < -0.4 is 5.73 Å². The van der Waals surface area contributed by atoms with Crippen LogP contribution in [0.15, 0.2) is 30.5 Å². The number of nitrogens with zero attached hydrogens (tertiary/aromatic N) is 2. The number of aromatic nitrogens is 2. The molecule has 72 valence electrons. The van der Waals surface area contributed by atoms with Crippen LogP contribution in [0.1, 0.15) is 17.3 Å². The van der Waals surface area contributed by atoms with Crippen LogP contribution in [0, 0.1) is 5.82 Å². The quantitative estimate of drug-likeness (QED) is 0.819. The normalized spacial score (nSPS) is 12.7. The van der Waals surface area contributed by atoms with E-state index in [0.29, 0.717) is 11.3 Å². The Balaban J connectivity index is 2.37. The third kappa shape index (κ3) is 1.64. The van der Waals surface area contributed by atoms with Gasteiger partial charge in [-0.05, 0) is 6.07 Å². The molecular formula is C9H8FN3S. The second-order valence-electron chi connectivity index (χ2n) is 2.83. The molecule has 0 fully saturated rings. The molecule has 1 aromatic carbocycles. The molecule has 0 aliphatic heterocycles. The summed E-state index contributed by atoms with van der Waals surface area (Å²) < 4.78 is 21.1. The molecule has 0 bridgehead atoms. The highest BCUT2D eigenvalue weighted by molar-refractivity contribution is 6.99. The van der Waals surface area contributed by atoms with Crippen molar-refractivity contribution in [3.05, 3.63) is 47.5 Å². The van der Waals surface area contributed by atoms with E-state index in [0.717, 1.165) is 11.7 Å². The van der Waals surface area contributed by atoms with Gasteiger partial charge in [-0.2, -0.15) is 8.75 Å². The Morgan fingerprint density at radius 1 is 1.36 bits per heavy atom. The maximum atomic E-state index is 13.3. The number of nitrogens with two attached hydrogens (primary N) is 1. The zero-order chi connectivity index (χ0) is 9.97. The summed E-state index contributed by atoms with van der Waals surface area (Å²) in [5, 5.41) is 0. The van der Waals surface area contributed by atoms with Gasteiger partial charge < -0.3 is 5.73 Å². The summed E-state index contributed by atoms with van der Waals surface area (Å²) in [5.41, 5.74) is 6.87. The Morgan fingerprint density at radius 3 is 2.79 bits per heavy atom. The number of benzene rings is 1. The van der Waals surface area contributed by atoms with Crippen molar-refractivity contribution >= 4 is 11.7 Å². The van der Waals surface area contributed by atoms with Crippen molar-refractivity contribution in [2.75, 3.05) is 0 Å². The average molecular weight is 209 g/mol. The molecule has 0 aliphatic carbocycles.